The van der Waals surface area contributed by atoms with E-state index in [0.29, 0.717) is 19.9 Å². The van der Waals surface area contributed by atoms with Crippen molar-refractivity contribution in [1.82, 2.24) is 0 Å². The van der Waals surface area contributed by atoms with Crippen LogP contribution in [0.3, 0.4) is 0 Å². The molecule has 0 aliphatic rings. The van der Waals surface area contributed by atoms with Gasteiger partial charge in [0.1, 0.15) is 0 Å². The van der Waals surface area contributed by atoms with E-state index in [1.807, 2.05) is 0 Å². The van der Waals surface area contributed by atoms with Gasteiger partial charge in [0.05, 0.1) is 9.75 Å². The highest BCUT2D eigenvalue weighted by Gasteiger charge is 2.09. The molecular formula is C12H10BO4S2. The molecule has 0 N–H and O–H groups in total. The van der Waals surface area contributed by atoms with E-state index in [1.165, 1.54) is 44.2 Å². The number of ketones is 2. The summed E-state index contributed by atoms with van der Waals surface area (Å²) in [6.45, 7) is 3.01. The van der Waals surface area contributed by atoms with Crippen LogP contribution in [0.5, 0.6) is 10.1 Å². The standard InChI is InChI=1S/C12H10BO4S2/c1-7(14)9-3-5-11(18-9)16-13-17-12-6-4-10(19-12)8(2)15/h3-6H,1-2H3. The second kappa shape index (κ2) is 6.03. The summed E-state index contributed by atoms with van der Waals surface area (Å²) in [5, 5.41) is 1.15. The Bertz CT molecular complexity index is 550. The molecule has 0 aromatic carbocycles. The van der Waals surface area contributed by atoms with Gasteiger partial charge in [-0.1, -0.05) is 22.7 Å². The molecule has 1 radical (unpaired) electrons. The van der Waals surface area contributed by atoms with Gasteiger partial charge in [0, 0.05) is 0 Å². The first-order valence-corrected chi connectivity index (χ1v) is 7.06. The maximum absolute atomic E-state index is 11.1. The molecule has 7 heteroatoms. The van der Waals surface area contributed by atoms with Gasteiger partial charge >= 0.3 is 7.69 Å². The molecule has 4 nitrogen and oxygen atoms in total. The minimum absolute atomic E-state index is 0.00475. The predicted octanol–water partition coefficient (Wildman–Crippen LogP) is 3.21. The van der Waals surface area contributed by atoms with Gasteiger partial charge in [0.25, 0.3) is 0 Å². The Labute approximate surface area is 119 Å². The molecule has 0 saturated carbocycles. The maximum atomic E-state index is 11.1. The van der Waals surface area contributed by atoms with Crippen molar-refractivity contribution in [3.63, 3.8) is 0 Å². The topological polar surface area (TPSA) is 52.6 Å². The number of hydrogen-bond donors (Lipinski definition) is 0. The highest BCUT2D eigenvalue weighted by Crippen LogP contribution is 2.26. The Balaban J connectivity index is 1.85. The predicted molar refractivity (Wildman–Crippen MR) is 75.7 cm³/mol. The summed E-state index contributed by atoms with van der Waals surface area (Å²) in [7, 11) is 1.19. The molecule has 0 aliphatic carbocycles. The van der Waals surface area contributed by atoms with Crippen molar-refractivity contribution in [2.24, 2.45) is 0 Å². The number of rotatable bonds is 6. The molecule has 97 valence electrons. The van der Waals surface area contributed by atoms with Crippen LogP contribution in [0.15, 0.2) is 24.3 Å². The lowest BCUT2D eigenvalue weighted by atomic mass is 10.3. The molecule has 0 amide bonds. The van der Waals surface area contributed by atoms with Crippen molar-refractivity contribution >= 4 is 41.9 Å². The maximum Gasteiger partial charge on any atom is 0.659 e. The van der Waals surface area contributed by atoms with Crippen LogP contribution in [0.25, 0.3) is 0 Å². The first-order valence-electron chi connectivity index (χ1n) is 5.43. The minimum atomic E-state index is 0.00475. The van der Waals surface area contributed by atoms with Crippen molar-refractivity contribution in [3.8, 4) is 10.1 Å². The van der Waals surface area contributed by atoms with Gasteiger partial charge in [0.15, 0.2) is 21.7 Å². The summed E-state index contributed by atoms with van der Waals surface area (Å²) < 4.78 is 10.5. The fraction of sp³-hybridized carbons (Fsp3) is 0.167. The van der Waals surface area contributed by atoms with Crippen molar-refractivity contribution in [2.45, 2.75) is 13.8 Å². The largest absolute Gasteiger partial charge is 0.659 e. The fourth-order valence-corrected chi connectivity index (χ4v) is 2.70. The number of hydrogen-bond acceptors (Lipinski definition) is 6. The van der Waals surface area contributed by atoms with Crippen LogP contribution >= 0.6 is 22.7 Å². The van der Waals surface area contributed by atoms with Crippen molar-refractivity contribution < 1.29 is 18.9 Å². The van der Waals surface area contributed by atoms with Crippen LogP contribution in [-0.4, -0.2) is 19.3 Å². The van der Waals surface area contributed by atoms with E-state index in [-0.39, 0.29) is 11.6 Å². The van der Waals surface area contributed by atoms with Gasteiger partial charge in [0.2, 0.25) is 0 Å². The summed E-state index contributed by atoms with van der Waals surface area (Å²) in [5.41, 5.74) is 0. The van der Waals surface area contributed by atoms with Crippen LogP contribution in [0.4, 0.5) is 0 Å². The Kier molecular flexibility index (Phi) is 4.39. The zero-order valence-corrected chi connectivity index (χ0v) is 12.0. The minimum Gasteiger partial charge on any atom is -0.519 e. The molecular weight excluding hydrogens is 283 g/mol. The van der Waals surface area contributed by atoms with E-state index < -0.39 is 0 Å². The highest BCUT2D eigenvalue weighted by atomic mass is 32.1. The molecule has 0 unspecified atom stereocenters. The molecule has 19 heavy (non-hydrogen) atoms. The Morgan fingerprint density at radius 2 is 1.32 bits per heavy atom. The number of Topliss-reactive ketones (excluding diaryl/α,β-unsaturated/α-hetero) is 2. The van der Waals surface area contributed by atoms with E-state index in [0.717, 1.165) is 0 Å². The Morgan fingerprint density at radius 3 is 1.63 bits per heavy atom. The van der Waals surface area contributed by atoms with Gasteiger partial charge < -0.3 is 9.31 Å². The summed E-state index contributed by atoms with van der Waals surface area (Å²) in [5.74, 6) is 0.00949. The third kappa shape index (κ3) is 3.68. The van der Waals surface area contributed by atoms with Crippen LogP contribution < -0.4 is 9.31 Å². The highest BCUT2D eigenvalue weighted by molar-refractivity contribution is 7.16. The summed E-state index contributed by atoms with van der Waals surface area (Å²) in [6, 6.07) is 6.82. The van der Waals surface area contributed by atoms with Crippen LogP contribution in [0.1, 0.15) is 33.2 Å². The molecule has 0 bridgehead atoms. The molecule has 0 aliphatic heterocycles. The lowest BCUT2D eigenvalue weighted by Crippen LogP contribution is -2.09. The molecule has 0 fully saturated rings. The first kappa shape index (κ1) is 13.8. The molecule has 2 heterocycles. The van der Waals surface area contributed by atoms with Crippen molar-refractivity contribution in [2.75, 3.05) is 0 Å². The first-order chi connectivity index (χ1) is 9.06. The average Bonchev–Trinajstić information content (AvgIpc) is 2.97. The van der Waals surface area contributed by atoms with E-state index in [4.69, 9.17) is 9.31 Å². The average molecular weight is 293 g/mol. The zero-order chi connectivity index (χ0) is 13.8. The van der Waals surface area contributed by atoms with Crippen molar-refractivity contribution in [3.05, 3.63) is 34.0 Å². The third-order valence-electron chi connectivity index (χ3n) is 2.19. The lowest BCUT2D eigenvalue weighted by molar-refractivity contribution is 0.101. The number of carbonyl (C=O) groups is 2. The Hall–Kier alpha value is -1.60. The smallest absolute Gasteiger partial charge is 0.519 e. The van der Waals surface area contributed by atoms with Gasteiger partial charge in [-0.05, 0) is 38.1 Å². The summed E-state index contributed by atoms with van der Waals surface area (Å²) in [4.78, 5) is 23.5. The fourth-order valence-electron chi connectivity index (χ4n) is 1.26. The second-order valence-electron chi connectivity index (χ2n) is 3.68. The third-order valence-corrected chi connectivity index (χ3v) is 4.34. The van der Waals surface area contributed by atoms with Crippen LogP contribution in [-0.2, 0) is 0 Å². The van der Waals surface area contributed by atoms with Crippen LogP contribution in [0, 0.1) is 0 Å². The second-order valence-corrected chi connectivity index (χ2v) is 5.77. The summed E-state index contributed by atoms with van der Waals surface area (Å²) in [6.07, 6.45) is 0. The van der Waals surface area contributed by atoms with Gasteiger partial charge in [-0.15, -0.1) is 0 Å². The summed E-state index contributed by atoms with van der Waals surface area (Å²) >= 11 is 2.50. The molecule has 0 atom stereocenters. The van der Waals surface area contributed by atoms with Crippen LogP contribution in [0.2, 0.25) is 0 Å². The quantitative estimate of drug-likeness (QED) is 0.606. The van der Waals surface area contributed by atoms with E-state index in [1.54, 1.807) is 24.3 Å². The van der Waals surface area contributed by atoms with Gasteiger partial charge in [-0.2, -0.15) is 0 Å². The monoisotopic (exact) mass is 293 g/mol. The number of carbonyl (C=O) groups excluding carboxylic acids is 2. The molecule has 0 saturated heterocycles. The SMILES string of the molecule is CC(=O)c1ccc(O[B]Oc2ccc(C(C)=O)s2)s1. The van der Waals surface area contributed by atoms with E-state index in [9.17, 15) is 9.59 Å². The molecule has 2 aromatic rings. The van der Waals surface area contributed by atoms with E-state index in [2.05, 4.69) is 0 Å². The normalized spacial score (nSPS) is 10.0. The number of thiophene rings is 2. The zero-order valence-electron chi connectivity index (χ0n) is 10.3. The van der Waals surface area contributed by atoms with Gasteiger partial charge in [-0.25, -0.2) is 0 Å². The lowest BCUT2D eigenvalue weighted by Gasteiger charge is -2.00. The van der Waals surface area contributed by atoms with E-state index >= 15 is 0 Å². The molecule has 2 rings (SSSR count). The molecule has 0 spiro atoms. The molecule has 2 aromatic heterocycles. The van der Waals surface area contributed by atoms with Crippen molar-refractivity contribution in [1.29, 1.82) is 0 Å². The van der Waals surface area contributed by atoms with Gasteiger partial charge in [-0.3, -0.25) is 9.59 Å². The Morgan fingerprint density at radius 1 is 0.895 bits per heavy atom.